The largest absolute Gasteiger partial charge is 0.288 e. The normalized spacial score (nSPS) is 11.7. The van der Waals surface area contributed by atoms with Crippen molar-refractivity contribution in [2.75, 3.05) is 4.72 Å². The summed E-state index contributed by atoms with van der Waals surface area (Å²) in [5.41, 5.74) is 1.97. The van der Waals surface area contributed by atoms with Crippen LogP contribution in [0.1, 0.15) is 12.5 Å². The zero-order chi connectivity index (χ0) is 14.9. The average Bonchev–Trinajstić information content (AvgIpc) is 2.95. The highest BCUT2D eigenvalue weighted by atomic mass is 32.2. The van der Waals surface area contributed by atoms with Gasteiger partial charge in [0.2, 0.25) is 0 Å². The van der Waals surface area contributed by atoms with Gasteiger partial charge in [-0.15, -0.1) is 10.2 Å². The monoisotopic (exact) mass is 302 g/mol. The molecule has 0 aliphatic rings. The molecule has 0 saturated carbocycles. The van der Waals surface area contributed by atoms with Crippen molar-refractivity contribution in [1.82, 2.24) is 14.6 Å². The Kier molecular flexibility index (Phi) is 3.34. The summed E-state index contributed by atoms with van der Waals surface area (Å²) in [6.07, 6.45) is 4.07. The molecule has 21 heavy (non-hydrogen) atoms. The number of nitrogens with one attached hydrogen (secondary N) is 1. The van der Waals surface area contributed by atoms with Crippen LogP contribution in [0.3, 0.4) is 0 Å². The molecule has 108 valence electrons. The molecule has 0 aliphatic carbocycles. The first kappa shape index (κ1) is 13.6. The second-order valence-electron chi connectivity index (χ2n) is 4.59. The third-order valence-electron chi connectivity index (χ3n) is 3.19. The summed E-state index contributed by atoms with van der Waals surface area (Å²) in [6.45, 7) is 2.05. The van der Waals surface area contributed by atoms with Crippen LogP contribution >= 0.6 is 0 Å². The summed E-state index contributed by atoms with van der Waals surface area (Å²) < 4.78 is 29.1. The van der Waals surface area contributed by atoms with Gasteiger partial charge in [0, 0.05) is 11.9 Å². The molecule has 0 saturated heterocycles. The van der Waals surface area contributed by atoms with Crippen molar-refractivity contribution in [2.45, 2.75) is 18.2 Å². The van der Waals surface area contributed by atoms with Gasteiger partial charge in [-0.3, -0.25) is 9.12 Å². The Morgan fingerprint density at radius 1 is 1.19 bits per heavy atom. The summed E-state index contributed by atoms with van der Waals surface area (Å²) in [7, 11) is -3.70. The summed E-state index contributed by atoms with van der Waals surface area (Å²) in [4.78, 5) is 0.0991. The number of pyridine rings is 1. The van der Waals surface area contributed by atoms with Crippen LogP contribution in [0.4, 0.5) is 5.69 Å². The molecule has 0 aliphatic heterocycles. The lowest BCUT2D eigenvalue weighted by atomic mass is 10.2. The molecule has 6 nitrogen and oxygen atoms in total. The topological polar surface area (TPSA) is 76.4 Å². The maximum Gasteiger partial charge on any atom is 0.265 e. The maximum absolute atomic E-state index is 12.5. The fraction of sp³-hybridized carbons (Fsp3) is 0.143. The number of rotatable bonds is 4. The molecule has 1 aromatic carbocycles. The quantitative estimate of drug-likeness (QED) is 0.800. The van der Waals surface area contributed by atoms with Crippen molar-refractivity contribution in [3.8, 4) is 0 Å². The van der Waals surface area contributed by atoms with Gasteiger partial charge in [-0.25, -0.2) is 8.42 Å². The van der Waals surface area contributed by atoms with Gasteiger partial charge in [-0.2, -0.15) is 0 Å². The van der Waals surface area contributed by atoms with Crippen molar-refractivity contribution in [3.05, 3.63) is 54.5 Å². The summed E-state index contributed by atoms with van der Waals surface area (Å²) >= 11 is 0. The maximum atomic E-state index is 12.5. The van der Waals surface area contributed by atoms with Gasteiger partial charge in [0.25, 0.3) is 10.0 Å². The molecule has 3 aromatic rings. The number of anilines is 1. The number of hydrogen-bond donors (Lipinski definition) is 1. The molecule has 0 bridgehead atoms. The number of hydrogen-bond acceptors (Lipinski definition) is 4. The summed E-state index contributed by atoms with van der Waals surface area (Å²) in [6, 6.07) is 10.4. The van der Waals surface area contributed by atoms with Crippen LogP contribution in [0.15, 0.2) is 53.8 Å². The van der Waals surface area contributed by atoms with Crippen LogP contribution in [0, 0.1) is 0 Å². The predicted octanol–water partition coefficient (Wildman–Crippen LogP) is 2.09. The van der Waals surface area contributed by atoms with Crippen molar-refractivity contribution < 1.29 is 8.42 Å². The Bertz CT molecular complexity index is 869. The van der Waals surface area contributed by atoms with E-state index in [0.717, 1.165) is 12.0 Å². The van der Waals surface area contributed by atoms with E-state index in [9.17, 15) is 8.42 Å². The molecule has 0 fully saturated rings. The van der Waals surface area contributed by atoms with Crippen LogP contribution < -0.4 is 4.72 Å². The van der Waals surface area contributed by atoms with E-state index >= 15 is 0 Å². The summed E-state index contributed by atoms with van der Waals surface area (Å²) in [5.74, 6) is 0. The molecule has 3 rings (SSSR count). The molecule has 0 radical (unpaired) electrons. The van der Waals surface area contributed by atoms with Crippen molar-refractivity contribution in [1.29, 1.82) is 0 Å². The van der Waals surface area contributed by atoms with Crippen LogP contribution in [-0.4, -0.2) is 23.0 Å². The first-order valence-electron chi connectivity index (χ1n) is 6.50. The van der Waals surface area contributed by atoms with Crippen LogP contribution in [0.5, 0.6) is 0 Å². The molecular formula is C14H14N4O2S. The molecule has 0 amide bonds. The van der Waals surface area contributed by atoms with Crippen LogP contribution in [-0.2, 0) is 16.4 Å². The summed E-state index contributed by atoms with van der Waals surface area (Å²) in [5, 5.41) is 7.57. The third kappa shape index (κ3) is 2.59. The SMILES string of the molecule is CCc1ccc(NS(=O)(=O)c2cccn3cnnc23)cc1. The predicted molar refractivity (Wildman–Crippen MR) is 79.6 cm³/mol. The smallest absolute Gasteiger partial charge is 0.265 e. The van der Waals surface area contributed by atoms with Crippen LogP contribution in [0.25, 0.3) is 5.65 Å². The van der Waals surface area contributed by atoms with Gasteiger partial charge < -0.3 is 0 Å². The molecule has 0 atom stereocenters. The van der Waals surface area contributed by atoms with E-state index in [4.69, 9.17) is 0 Å². The third-order valence-corrected chi connectivity index (χ3v) is 4.59. The number of nitrogens with zero attached hydrogens (tertiary/aromatic N) is 3. The lowest BCUT2D eigenvalue weighted by Gasteiger charge is -2.09. The molecule has 2 heterocycles. The Morgan fingerprint density at radius 2 is 1.95 bits per heavy atom. The zero-order valence-corrected chi connectivity index (χ0v) is 12.2. The Balaban J connectivity index is 1.98. The van der Waals surface area contributed by atoms with E-state index in [0.29, 0.717) is 11.3 Å². The number of fused-ring (bicyclic) bond motifs is 1. The highest BCUT2D eigenvalue weighted by Crippen LogP contribution is 2.19. The molecule has 0 spiro atoms. The van der Waals surface area contributed by atoms with Gasteiger partial charge in [-0.1, -0.05) is 19.1 Å². The second kappa shape index (κ2) is 5.17. The Labute approximate surface area is 122 Å². The standard InChI is InChI=1S/C14H14N4O2S/c1-2-11-5-7-12(8-6-11)17-21(19,20)13-4-3-9-18-10-15-16-14(13)18/h3-10,17H,2H2,1H3. The molecule has 7 heteroatoms. The molecule has 1 N–H and O–H groups in total. The van der Waals surface area contributed by atoms with Gasteiger partial charge in [0.1, 0.15) is 11.2 Å². The number of aromatic nitrogens is 3. The van der Waals surface area contributed by atoms with Crippen molar-refractivity contribution >= 4 is 21.4 Å². The Morgan fingerprint density at radius 3 is 2.67 bits per heavy atom. The minimum atomic E-state index is -3.70. The average molecular weight is 302 g/mol. The molecular weight excluding hydrogens is 288 g/mol. The number of aryl methyl sites for hydroxylation is 1. The first-order chi connectivity index (χ1) is 10.1. The van der Waals surface area contributed by atoms with Gasteiger partial charge >= 0.3 is 0 Å². The zero-order valence-electron chi connectivity index (χ0n) is 11.4. The van der Waals surface area contributed by atoms with E-state index in [1.54, 1.807) is 28.8 Å². The van der Waals surface area contributed by atoms with E-state index < -0.39 is 10.0 Å². The molecule has 2 aromatic heterocycles. The highest BCUT2D eigenvalue weighted by Gasteiger charge is 2.19. The van der Waals surface area contributed by atoms with Crippen molar-refractivity contribution in [3.63, 3.8) is 0 Å². The second-order valence-corrected chi connectivity index (χ2v) is 6.24. The highest BCUT2D eigenvalue weighted by molar-refractivity contribution is 7.93. The van der Waals surface area contributed by atoms with E-state index in [1.807, 2.05) is 19.1 Å². The van der Waals surface area contributed by atoms with E-state index in [2.05, 4.69) is 14.9 Å². The number of sulfonamides is 1. The minimum Gasteiger partial charge on any atom is -0.288 e. The van der Waals surface area contributed by atoms with Gasteiger partial charge in [0.05, 0.1) is 0 Å². The van der Waals surface area contributed by atoms with Crippen molar-refractivity contribution in [2.24, 2.45) is 0 Å². The minimum absolute atomic E-state index is 0.0991. The fourth-order valence-electron chi connectivity index (χ4n) is 2.05. The van der Waals surface area contributed by atoms with E-state index in [-0.39, 0.29) is 4.90 Å². The molecule has 0 unspecified atom stereocenters. The fourth-order valence-corrected chi connectivity index (χ4v) is 3.25. The van der Waals surface area contributed by atoms with E-state index in [1.165, 1.54) is 12.4 Å². The lowest BCUT2D eigenvalue weighted by molar-refractivity contribution is 0.601. The lowest BCUT2D eigenvalue weighted by Crippen LogP contribution is -2.14. The Hall–Kier alpha value is -2.41. The van der Waals surface area contributed by atoms with Gasteiger partial charge in [0.15, 0.2) is 5.65 Å². The van der Waals surface area contributed by atoms with Gasteiger partial charge in [-0.05, 0) is 36.2 Å². The number of benzene rings is 1. The van der Waals surface area contributed by atoms with Crippen LogP contribution in [0.2, 0.25) is 0 Å². The first-order valence-corrected chi connectivity index (χ1v) is 7.98.